The molecule has 0 aliphatic carbocycles. The van der Waals surface area contributed by atoms with E-state index in [4.69, 9.17) is 5.73 Å². The standard InChI is InChI=1S/C13H23N3O2S2/c1-3-15(4-2)12-5-7-16(8-6-12)20(17,18)13-9-11(14)10-19-13/h9-10,12H,3-8,14H2,1-2H3. The molecule has 1 saturated heterocycles. The third kappa shape index (κ3) is 3.16. The van der Waals surface area contributed by atoms with Crippen molar-refractivity contribution in [1.29, 1.82) is 0 Å². The number of nitrogens with zero attached hydrogens (tertiary/aromatic N) is 2. The lowest BCUT2D eigenvalue weighted by Gasteiger charge is -2.36. The molecule has 0 aromatic carbocycles. The molecule has 114 valence electrons. The van der Waals surface area contributed by atoms with Crippen LogP contribution in [-0.4, -0.2) is 49.8 Å². The highest BCUT2D eigenvalue weighted by molar-refractivity contribution is 7.91. The number of nitrogen functional groups attached to an aromatic ring is 1. The van der Waals surface area contributed by atoms with E-state index >= 15 is 0 Å². The van der Waals surface area contributed by atoms with Crippen LogP contribution < -0.4 is 5.73 Å². The fourth-order valence-electron chi connectivity index (χ4n) is 2.78. The number of hydrogen-bond donors (Lipinski definition) is 1. The minimum atomic E-state index is -3.35. The van der Waals surface area contributed by atoms with Crippen LogP contribution in [0.1, 0.15) is 26.7 Å². The Labute approximate surface area is 125 Å². The first-order valence-corrected chi connectivity index (χ1v) is 9.39. The van der Waals surface area contributed by atoms with Gasteiger partial charge in [-0.15, -0.1) is 11.3 Å². The Kier molecular flexibility index (Phi) is 5.06. The highest BCUT2D eigenvalue weighted by Crippen LogP contribution is 2.28. The Morgan fingerprint density at radius 1 is 1.35 bits per heavy atom. The number of anilines is 1. The zero-order valence-electron chi connectivity index (χ0n) is 12.1. The predicted octanol–water partition coefficient (Wildman–Crippen LogP) is 1.83. The zero-order valence-corrected chi connectivity index (χ0v) is 13.7. The van der Waals surface area contributed by atoms with E-state index in [0.29, 0.717) is 29.0 Å². The van der Waals surface area contributed by atoms with E-state index in [2.05, 4.69) is 18.7 Å². The van der Waals surface area contributed by atoms with E-state index in [1.54, 1.807) is 15.8 Å². The van der Waals surface area contributed by atoms with Crippen molar-refractivity contribution in [3.05, 3.63) is 11.4 Å². The van der Waals surface area contributed by atoms with Crippen LogP contribution in [0.3, 0.4) is 0 Å². The van der Waals surface area contributed by atoms with Gasteiger partial charge in [-0.25, -0.2) is 8.42 Å². The van der Waals surface area contributed by atoms with Crippen LogP contribution in [0, 0.1) is 0 Å². The summed E-state index contributed by atoms with van der Waals surface area (Å²) in [6.45, 7) is 7.55. The largest absolute Gasteiger partial charge is 0.398 e. The smallest absolute Gasteiger partial charge is 0.252 e. The van der Waals surface area contributed by atoms with E-state index in [-0.39, 0.29) is 0 Å². The molecule has 0 spiro atoms. The molecule has 1 fully saturated rings. The van der Waals surface area contributed by atoms with Gasteiger partial charge in [-0.3, -0.25) is 0 Å². The van der Waals surface area contributed by atoms with E-state index in [1.165, 1.54) is 11.3 Å². The van der Waals surface area contributed by atoms with Gasteiger partial charge in [0.05, 0.1) is 0 Å². The number of sulfonamides is 1. The Morgan fingerprint density at radius 2 is 1.95 bits per heavy atom. The van der Waals surface area contributed by atoms with Crippen molar-refractivity contribution in [2.24, 2.45) is 0 Å². The van der Waals surface area contributed by atoms with Gasteiger partial charge in [-0.05, 0) is 32.0 Å². The summed E-state index contributed by atoms with van der Waals surface area (Å²) in [7, 11) is -3.35. The van der Waals surface area contributed by atoms with Crippen LogP contribution in [0.2, 0.25) is 0 Å². The Morgan fingerprint density at radius 3 is 2.40 bits per heavy atom. The second kappa shape index (κ2) is 6.43. The highest BCUT2D eigenvalue weighted by atomic mass is 32.2. The maximum absolute atomic E-state index is 12.5. The van der Waals surface area contributed by atoms with Crippen molar-refractivity contribution in [2.75, 3.05) is 31.9 Å². The Balaban J connectivity index is 2.03. The molecule has 2 N–H and O–H groups in total. The van der Waals surface area contributed by atoms with E-state index in [9.17, 15) is 8.42 Å². The van der Waals surface area contributed by atoms with Crippen LogP contribution in [-0.2, 0) is 10.0 Å². The van der Waals surface area contributed by atoms with Crippen LogP contribution in [0.15, 0.2) is 15.7 Å². The summed E-state index contributed by atoms with van der Waals surface area (Å²) in [6.07, 6.45) is 1.81. The quantitative estimate of drug-likeness (QED) is 0.899. The fraction of sp³-hybridized carbons (Fsp3) is 0.692. The summed E-state index contributed by atoms with van der Waals surface area (Å²) >= 11 is 1.20. The summed E-state index contributed by atoms with van der Waals surface area (Å²) in [5.74, 6) is 0. The van der Waals surface area contributed by atoms with E-state index in [0.717, 1.165) is 25.9 Å². The van der Waals surface area contributed by atoms with Crippen molar-refractivity contribution < 1.29 is 8.42 Å². The lowest BCUT2D eigenvalue weighted by Crippen LogP contribution is -2.46. The molecule has 1 aliphatic heterocycles. The molecule has 2 rings (SSSR count). The van der Waals surface area contributed by atoms with Crippen molar-refractivity contribution in [3.8, 4) is 0 Å². The molecule has 1 aromatic rings. The number of piperidine rings is 1. The first-order valence-electron chi connectivity index (χ1n) is 7.07. The van der Waals surface area contributed by atoms with Gasteiger partial charge in [0.25, 0.3) is 10.0 Å². The first-order chi connectivity index (χ1) is 9.48. The fourth-order valence-corrected chi connectivity index (χ4v) is 5.48. The molecule has 2 heterocycles. The van der Waals surface area contributed by atoms with E-state index < -0.39 is 10.0 Å². The summed E-state index contributed by atoms with van der Waals surface area (Å²) < 4.78 is 26.9. The average molecular weight is 317 g/mol. The van der Waals surface area contributed by atoms with Gasteiger partial charge in [-0.2, -0.15) is 4.31 Å². The third-order valence-electron chi connectivity index (χ3n) is 3.94. The van der Waals surface area contributed by atoms with Gasteiger partial charge in [0.15, 0.2) is 0 Å². The van der Waals surface area contributed by atoms with Gasteiger partial charge in [0, 0.05) is 30.2 Å². The predicted molar refractivity (Wildman–Crippen MR) is 83.4 cm³/mol. The second-order valence-corrected chi connectivity index (χ2v) is 8.13. The average Bonchev–Trinajstić information content (AvgIpc) is 2.88. The maximum Gasteiger partial charge on any atom is 0.252 e. The molecule has 0 unspecified atom stereocenters. The maximum atomic E-state index is 12.5. The van der Waals surface area contributed by atoms with Crippen LogP contribution in [0.4, 0.5) is 5.69 Å². The SMILES string of the molecule is CCN(CC)C1CCN(S(=O)(=O)c2cc(N)cs2)CC1. The van der Waals surface area contributed by atoms with Gasteiger partial charge < -0.3 is 10.6 Å². The monoisotopic (exact) mass is 317 g/mol. The minimum absolute atomic E-state index is 0.358. The number of thiophene rings is 1. The van der Waals surface area contributed by atoms with Crippen molar-refractivity contribution >= 4 is 27.0 Å². The molecule has 0 amide bonds. The number of nitrogens with two attached hydrogens (primary N) is 1. The molecule has 1 aliphatic rings. The molecule has 1 aromatic heterocycles. The van der Waals surface area contributed by atoms with Gasteiger partial charge >= 0.3 is 0 Å². The molecule has 0 saturated carbocycles. The summed E-state index contributed by atoms with van der Waals surface area (Å²) in [5.41, 5.74) is 6.14. The molecule has 7 heteroatoms. The van der Waals surface area contributed by atoms with Crippen molar-refractivity contribution in [2.45, 2.75) is 36.9 Å². The van der Waals surface area contributed by atoms with Crippen LogP contribution in [0.25, 0.3) is 0 Å². The van der Waals surface area contributed by atoms with Crippen LogP contribution >= 0.6 is 11.3 Å². The number of hydrogen-bond acceptors (Lipinski definition) is 5. The van der Waals surface area contributed by atoms with E-state index in [1.807, 2.05) is 0 Å². The summed E-state index contributed by atoms with van der Waals surface area (Å²) in [6, 6.07) is 2.06. The summed E-state index contributed by atoms with van der Waals surface area (Å²) in [4.78, 5) is 2.41. The van der Waals surface area contributed by atoms with Gasteiger partial charge in [0.1, 0.15) is 4.21 Å². The molecule has 20 heavy (non-hydrogen) atoms. The van der Waals surface area contributed by atoms with Crippen LogP contribution in [0.5, 0.6) is 0 Å². The lowest BCUT2D eigenvalue weighted by atomic mass is 10.1. The minimum Gasteiger partial charge on any atom is -0.398 e. The molecule has 0 radical (unpaired) electrons. The molecule has 5 nitrogen and oxygen atoms in total. The lowest BCUT2D eigenvalue weighted by molar-refractivity contribution is 0.152. The molecule has 0 bridgehead atoms. The Bertz CT molecular complexity index is 530. The van der Waals surface area contributed by atoms with Gasteiger partial charge in [0.2, 0.25) is 0 Å². The van der Waals surface area contributed by atoms with Crippen molar-refractivity contribution in [3.63, 3.8) is 0 Å². The second-order valence-electron chi connectivity index (χ2n) is 5.06. The number of rotatable bonds is 5. The topological polar surface area (TPSA) is 66.6 Å². The normalized spacial score (nSPS) is 18.8. The molecule has 0 atom stereocenters. The Hall–Kier alpha value is -0.630. The highest BCUT2D eigenvalue weighted by Gasteiger charge is 2.31. The van der Waals surface area contributed by atoms with Crippen molar-refractivity contribution in [1.82, 2.24) is 9.21 Å². The first kappa shape index (κ1) is 15.8. The molecular weight excluding hydrogens is 294 g/mol. The third-order valence-corrected chi connectivity index (χ3v) is 7.27. The zero-order chi connectivity index (χ0) is 14.8. The van der Waals surface area contributed by atoms with Gasteiger partial charge in [-0.1, -0.05) is 13.8 Å². The molecular formula is C13H23N3O2S2. The summed E-state index contributed by atoms with van der Waals surface area (Å²) in [5, 5.41) is 1.68.